The van der Waals surface area contributed by atoms with Crippen LogP contribution in [0.5, 0.6) is 0 Å². The monoisotopic (exact) mass is 373 g/mol. The Kier molecular flexibility index (Phi) is 3.75. The van der Waals surface area contributed by atoms with Crippen LogP contribution in [0.2, 0.25) is 0 Å². The minimum absolute atomic E-state index is 0.0523. The molecule has 140 valence electrons. The van der Waals surface area contributed by atoms with Crippen LogP contribution in [0.15, 0.2) is 54.9 Å². The molecule has 28 heavy (non-hydrogen) atoms. The van der Waals surface area contributed by atoms with Gasteiger partial charge in [0.05, 0.1) is 16.6 Å². The van der Waals surface area contributed by atoms with Crippen LogP contribution in [0.1, 0.15) is 33.6 Å². The van der Waals surface area contributed by atoms with Crippen molar-refractivity contribution in [3.63, 3.8) is 0 Å². The van der Waals surface area contributed by atoms with Gasteiger partial charge in [-0.3, -0.25) is 19.6 Å². The molecule has 2 aliphatic rings. The summed E-state index contributed by atoms with van der Waals surface area (Å²) in [6, 6.07) is 13.0. The van der Waals surface area contributed by atoms with Crippen LogP contribution in [0, 0.1) is 0 Å². The first-order chi connectivity index (χ1) is 13.7. The van der Waals surface area contributed by atoms with Crippen molar-refractivity contribution in [3.8, 4) is 0 Å². The Labute approximate surface area is 161 Å². The molecule has 1 aromatic heterocycles. The Bertz CT molecular complexity index is 1080. The molecule has 7 nitrogen and oxygen atoms in total. The first-order valence-electron chi connectivity index (χ1n) is 9.34. The van der Waals surface area contributed by atoms with Crippen molar-refractivity contribution in [1.29, 1.82) is 0 Å². The molecule has 3 heterocycles. The van der Waals surface area contributed by atoms with Crippen LogP contribution in [0.25, 0.3) is 11.0 Å². The van der Waals surface area contributed by atoms with E-state index in [4.69, 9.17) is 0 Å². The third kappa shape index (κ3) is 2.67. The predicted octanol–water partition coefficient (Wildman–Crippen LogP) is 2.42. The summed E-state index contributed by atoms with van der Waals surface area (Å²) in [5, 5.41) is 6.59. The number of fused-ring (bicyclic) bond motifs is 2. The molecule has 1 fully saturated rings. The van der Waals surface area contributed by atoms with Crippen LogP contribution >= 0.6 is 0 Å². The molecular weight excluding hydrogens is 354 g/mol. The number of benzene rings is 2. The lowest BCUT2D eigenvalue weighted by Gasteiger charge is -2.45. The number of piperidine rings is 1. The Balaban J connectivity index is 1.36. The standard InChI is InChI=1S/C21H19N5O2/c27-19-14-4-1-2-6-16(14)24-21(25-19)8-12-26(13-9-21)20(28)15-5-3-7-17-18(15)23-11-10-22-17/h1-7,10-11,24H,8-9,12-13H2,(H,25,27). The van der Waals surface area contributed by atoms with Crippen LogP contribution in [0.4, 0.5) is 5.69 Å². The highest BCUT2D eigenvalue weighted by Gasteiger charge is 2.41. The summed E-state index contributed by atoms with van der Waals surface area (Å²) in [6.45, 7) is 1.09. The van der Waals surface area contributed by atoms with Gasteiger partial charge in [-0.05, 0) is 24.3 Å². The largest absolute Gasteiger partial charge is 0.362 e. The van der Waals surface area contributed by atoms with E-state index < -0.39 is 5.66 Å². The van der Waals surface area contributed by atoms with Gasteiger partial charge in [0.15, 0.2) is 0 Å². The Morgan fingerprint density at radius 3 is 2.61 bits per heavy atom. The third-order valence-corrected chi connectivity index (χ3v) is 5.53. The lowest BCUT2D eigenvalue weighted by atomic mass is 9.92. The lowest BCUT2D eigenvalue weighted by molar-refractivity contribution is 0.0641. The highest BCUT2D eigenvalue weighted by Crippen LogP contribution is 2.31. The van der Waals surface area contributed by atoms with Gasteiger partial charge in [-0.25, -0.2) is 0 Å². The van der Waals surface area contributed by atoms with Crippen molar-refractivity contribution in [3.05, 3.63) is 66.0 Å². The molecule has 2 aromatic carbocycles. The number of anilines is 1. The van der Waals surface area contributed by atoms with Gasteiger partial charge in [-0.15, -0.1) is 0 Å². The van der Waals surface area contributed by atoms with E-state index in [1.807, 2.05) is 41.3 Å². The molecule has 0 atom stereocenters. The van der Waals surface area contributed by atoms with E-state index in [1.165, 1.54) is 0 Å². The molecular formula is C21H19N5O2. The van der Waals surface area contributed by atoms with Crippen molar-refractivity contribution in [2.75, 3.05) is 18.4 Å². The number of aromatic nitrogens is 2. The summed E-state index contributed by atoms with van der Waals surface area (Å²) in [7, 11) is 0. The van der Waals surface area contributed by atoms with Gasteiger partial charge in [0, 0.05) is 44.0 Å². The minimum atomic E-state index is -0.513. The van der Waals surface area contributed by atoms with Crippen molar-refractivity contribution in [1.82, 2.24) is 20.2 Å². The van der Waals surface area contributed by atoms with E-state index in [0.29, 0.717) is 48.1 Å². The highest BCUT2D eigenvalue weighted by molar-refractivity contribution is 6.05. The number of carbonyl (C=O) groups is 2. The second-order valence-electron chi connectivity index (χ2n) is 7.23. The SMILES string of the molecule is O=C1NC2(CCN(C(=O)c3cccc4nccnc34)CC2)Nc2ccccc21. The molecule has 2 N–H and O–H groups in total. The molecule has 0 aliphatic carbocycles. The fourth-order valence-electron chi connectivity index (χ4n) is 4.04. The quantitative estimate of drug-likeness (QED) is 0.684. The van der Waals surface area contributed by atoms with Crippen LogP contribution < -0.4 is 10.6 Å². The van der Waals surface area contributed by atoms with Gasteiger partial charge in [0.1, 0.15) is 11.2 Å². The number of hydrogen-bond donors (Lipinski definition) is 2. The predicted molar refractivity (Wildman–Crippen MR) is 105 cm³/mol. The number of nitrogens with one attached hydrogen (secondary N) is 2. The van der Waals surface area contributed by atoms with Crippen LogP contribution in [-0.4, -0.2) is 45.4 Å². The van der Waals surface area contributed by atoms with Gasteiger partial charge in [0.2, 0.25) is 0 Å². The summed E-state index contributed by atoms with van der Waals surface area (Å²) in [5.74, 6) is -0.123. The Morgan fingerprint density at radius 2 is 1.75 bits per heavy atom. The first kappa shape index (κ1) is 16.7. The Morgan fingerprint density at radius 1 is 0.964 bits per heavy atom. The minimum Gasteiger partial charge on any atom is -0.362 e. The van der Waals surface area contributed by atoms with E-state index in [2.05, 4.69) is 20.6 Å². The average molecular weight is 373 g/mol. The summed E-state index contributed by atoms with van der Waals surface area (Å²) in [6.07, 6.45) is 4.49. The van der Waals surface area contributed by atoms with Crippen molar-refractivity contribution >= 4 is 28.5 Å². The summed E-state index contributed by atoms with van der Waals surface area (Å²) >= 11 is 0. The third-order valence-electron chi connectivity index (χ3n) is 5.53. The molecule has 0 bridgehead atoms. The number of rotatable bonds is 1. The zero-order valence-electron chi connectivity index (χ0n) is 15.2. The van der Waals surface area contributed by atoms with Gasteiger partial charge in [0.25, 0.3) is 11.8 Å². The van der Waals surface area contributed by atoms with Gasteiger partial charge >= 0.3 is 0 Å². The molecule has 2 amide bonds. The van der Waals surface area contributed by atoms with E-state index in [1.54, 1.807) is 18.5 Å². The van der Waals surface area contributed by atoms with Gasteiger partial charge in [-0.2, -0.15) is 0 Å². The fraction of sp³-hybridized carbons (Fsp3) is 0.238. The highest BCUT2D eigenvalue weighted by atomic mass is 16.2. The molecule has 7 heteroatoms. The molecule has 2 aliphatic heterocycles. The van der Waals surface area contributed by atoms with Gasteiger partial charge in [-0.1, -0.05) is 18.2 Å². The molecule has 5 rings (SSSR count). The number of para-hydroxylation sites is 2. The summed E-state index contributed by atoms with van der Waals surface area (Å²) in [5.41, 5.74) is 2.87. The molecule has 1 saturated heterocycles. The summed E-state index contributed by atoms with van der Waals surface area (Å²) in [4.78, 5) is 36.0. The number of carbonyl (C=O) groups excluding carboxylic acids is 2. The van der Waals surface area contributed by atoms with E-state index in [9.17, 15) is 9.59 Å². The van der Waals surface area contributed by atoms with Gasteiger partial charge < -0.3 is 15.5 Å². The molecule has 3 aromatic rings. The van der Waals surface area contributed by atoms with E-state index >= 15 is 0 Å². The van der Waals surface area contributed by atoms with Crippen molar-refractivity contribution in [2.45, 2.75) is 18.5 Å². The Hall–Kier alpha value is -3.48. The van der Waals surface area contributed by atoms with Crippen molar-refractivity contribution in [2.24, 2.45) is 0 Å². The number of nitrogens with zero attached hydrogens (tertiary/aromatic N) is 3. The van der Waals surface area contributed by atoms with Crippen LogP contribution in [0.3, 0.4) is 0 Å². The van der Waals surface area contributed by atoms with E-state index in [-0.39, 0.29) is 11.8 Å². The average Bonchev–Trinajstić information content (AvgIpc) is 2.73. The second-order valence-corrected chi connectivity index (χ2v) is 7.23. The summed E-state index contributed by atoms with van der Waals surface area (Å²) < 4.78 is 0. The van der Waals surface area contributed by atoms with Crippen LogP contribution in [-0.2, 0) is 0 Å². The first-order valence-corrected chi connectivity index (χ1v) is 9.34. The second kappa shape index (κ2) is 6.30. The maximum atomic E-state index is 13.1. The fourth-order valence-corrected chi connectivity index (χ4v) is 4.04. The van der Waals surface area contributed by atoms with E-state index in [0.717, 1.165) is 5.69 Å². The molecule has 0 unspecified atom stereocenters. The topological polar surface area (TPSA) is 87.2 Å². The zero-order chi connectivity index (χ0) is 19.1. The normalized spacial score (nSPS) is 17.7. The number of hydrogen-bond acceptors (Lipinski definition) is 5. The lowest BCUT2D eigenvalue weighted by Crippen LogP contribution is -2.62. The molecule has 1 spiro atoms. The smallest absolute Gasteiger partial charge is 0.256 e. The molecule has 0 radical (unpaired) electrons. The molecule has 0 saturated carbocycles. The van der Waals surface area contributed by atoms with Crippen molar-refractivity contribution < 1.29 is 9.59 Å². The number of likely N-dealkylation sites (tertiary alicyclic amines) is 1. The zero-order valence-corrected chi connectivity index (χ0v) is 15.2. The maximum Gasteiger partial charge on any atom is 0.256 e. The maximum absolute atomic E-state index is 13.1. The number of amides is 2.